The number of carbonyl (C=O) groups excluding carboxylic acids is 1. The number of thiazole rings is 1. The third kappa shape index (κ3) is 5.40. The minimum Gasteiger partial charge on any atom is -0.487 e. The van der Waals surface area contributed by atoms with Crippen molar-refractivity contribution in [3.05, 3.63) is 87.9 Å². The molecule has 0 saturated carbocycles. The van der Waals surface area contributed by atoms with Crippen LogP contribution in [-0.4, -0.2) is 47.4 Å². The van der Waals surface area contributed by atoms with Crippen LogP contribution >= 0.6 is 11.3 Å². The number of benzene rings is 2. The van der Waals surface area contributed by atoms with Crippen molar-refractivity contribution in [3.8, 4) is 5.75 Å². The molecule has 0 bridgehead atoms. The van der Waals surface area contributed by atoms with Gasteiger partial charge in [-0.05, 0) is 31.7 Å². The molecule has 4 rings (SSSR count). The van der Waals surface area contributed by atoms with Crippen LogP contribution in [0.2, 0.25) is 0 Å². The smallest absolute Gasteiger partial charge is 0.247 e. The van der Waals surface area contributed by atoms with E-state index in [1.165, 1.54) is 0 Å². The summed E-state index contributed by atoms with van der Waals surface area (Å²) in [6, 6.07) is 18.1. The van der Waals surface area contributed by atoms with Crippen LogP contribution < -0.4 is 4.74 Å². The van der Waals surface area contributed by atoms with Crippen LogP contribution in [0.3, 0.4) is 0 Å². The predicted molar refractivity (Wildman–Crippen MR) is 125 cm³/mol. The van der Waals surface area contributed by atoms with Gasteiger partial charge in [0.05, 0.1) is 16.7 Å². The first-order valence-corrected chi connectivity index (χ1v) is 11.3. The Hall–Kier alpha value is -2.96. The molecule has 1 aliphatic rings. The first-order chi connectivity index (χ1) is 15.1. The Kier molecular flexibility index (Phi) is 6.79. The van der Waals surface area contributed by atoms with Gasteiger partial charge in [0.15, 0.2) is 0 Å². The van der Waals surface area contributed by atoms with Gasteiger partial charge in [-0.25, -0.2) is 4.98 Å². The zero-order valence-corrected chi connectivity index (χ0v) is 18.7. The number of likely N-dealkylation sites (N-methyl/N-ethyl adjacent to an activating group) is 1. The Morgan fingerprint density at radius 1 is 1.16 bits per heavy atom. The molecule has 2 aromatic carbocycles. The van der Waals surface area contributed by atoms with Crippen LogP contribution in [-0.2, 0) is 11.4 Å². The number of piperazine rings is 1. The summed E-state index contributed by atoms with van der Waals surface area (Å²) in [5.41, 5.74) is 2.96. The Labute approximate surface area is 187 Å². The van der Waals surface area contributed by atoms with Gasteiger partial charge in [-0.1, -0.05) is 48.5 Å². The quantitative estimate of drug-likeness (QED) is 0.535. The third-order valence-corrected chi connectivity index (χ3v) is 6.24. The number of aromatic nitrogens is 1. The lowest BCUT2D eigenvalue weighted by molar-refractivity contribution is -0.130. The zero-order valence-electron chi connectivity index (χ0n) is 17.9. The van der Waals surface area contributed by atoms with Crippen LogP contribution in [0.5, 0.6) is 5.75 Å². The number of nitrogens with zero attached hydrogens (tertiary/aromatic N) is 3. The van der Waals surface area contributed by atoms with Crippen molar-refractivity contribution in [1.82, 2.24) is 14.8 Å². The minimum atomic E-state index is 0.0203. The summed E-state index contributed by atoms with van der Waals surface area (Å²) < 4.78 is 5.98. The minimum absolute atomic E-state index is 0.0203. The molecule has 5 nitrogen and oxygen atoms in total. The maximum absolute atomic E-state index is 13.1. The molecule has 1 atom stereocenters. The van der Waals surface area contributed by atoms with Crippen molar-refractivity contribution < 1.29 is 9.53 Å². The van der Waals surface area contributed by atoms with Crippen molar-refractivity contribution in [2.24, 2.45) is 0 Å². The summed E-state index contributed by atoms with van der Waals surface area (Å²) in [6.07, 6.45) is 3.51. The second-order valence-electron chi connectivity index (χ2n) is 7.74. The molecule has 160 valence electrons. The molecule has 1 saturated heterocycles. The molecule has 0 spiro atoms. The van der Waals surface area contributed by atoms with Gasteiger partial charge in [0.25, 0.3) is 0 Å². The number of rotatable bonds is 6. The highest BCUT2D eigenvalue weighted by atomic mass is 32.1. The van der Waals surface area contributed by atoms with E-state index in [2.05, 4.69) is 29.1 Å². The number of hydrogen-bond acceptors (Lipinski definition) is 5. The van der Waals surface area contributed by atoms with Gasteiger partial charge in [0.1, 0.15) is 12.4 Å². The van der Waals surface area contributed by atoms with Crippen LogP contribution in [0.15, 0.2) is 66.1 Å². The Morgan fingerprint density at radius 2 is 1.94 bits per heavy atom. The average Bonchev–Trinajstić information content (AvgIpc) is 3.22. The molecule has 0 radical (unpaired) electrons. The topological polar surface area (TPSA) is 45.7 Å². The molecule has 0 aliphatic carbocycles. The average molecular weight is 434 g/mol. The fourth-order valence-electron chi connectivity index (χ4n) is 3.78. The molecule has 31 heavy (non-hydrogen) atoms. The number of amides is 1. The Morgan fingerprint density at radius 3 is 2.71 bits per heavy atom. The van der Waals surface area contributed by atoms with E-state index in [9.17, 15) is 4.79 Å². The van der Waals surface area contributed by atoms with Gasteiger partial charge in [-0.15, -0.1) is 11.3 Å². The third-order valence-electron chi connectivity index (χ3n) is 5.42. The van der Waals surface area contributed by atoms with E-state index in [1.54, 1.807) is 17.4 Å². The molecule has 1 unspecified atom stereocenters. The lowest BCUT2D eigenvalue weighted by atomic mass is 10.0. The van der Waals surface area contributed by atoms with Crippen molar-refractivity contribution in [2.75, 3.05) is 26.7 Å². The predicted octanol–water partition coefficient (Wildman–Crippen LogP) is 4.56. The van der Waals surface area contributed by atoms with Gasteiger partial charge < -0.3 is 14.5 Å². The molecule has 1 amide bonds. The van der Waals surface area contributed by atoms with Crippen LogP contribution in [0.25, 0.3) is 6.08 Å². The largest absolute Gasteiger partial charge is 0.487 e. The normalized spacial score (nSPS) is 17.2. The fraction of sp³-hybridized carbons (Fsp3) is 0.280. The Balaban J connectivity index is 1.48. The van der Waals surface area contributed by atoms with E-state index in [0.717, 1.165) is 40.7 Å². The molecule has 0 N–H and O–H groups in total. The molecular formula is C25H27N3O2S. The standard InChI is InChI=1S/C25H27N3O2S/c1-19-26-22(18-31-19)17-30-24-11-7-6-10-21(24)12-13-25(29)28-15-14-27(2)16-23(28)20-8-4-3-5-9-20/h3-13,18,23H,14-17H2,1-2H3. The van der Waals surface area contributed by atoms with Gasteiger partial charge >= 0.3 is 0 Å². The SMILES string of the molecule is Cc1nc(COc2ccccc2C=CC(=O)N2CCN(C)CC2c2ccccc2)cs1. The van der Waals surface area contributed by atoms with Crippen LogP contribution in [0, 0.1) is 6.92 Å². The molecule has 2 heterocycles. The summed E-state index contributed by atoms with van der Waals surface area (Å²) in [4.78, 5) is 21.8. The van der Waals surface area contributed by atoms with E-state index >= 15 is 0 Å². The Bertz CT molecular complexity index is 1050. The fourth-order valence-corrected chi connectivity index (χ4v) is 4.37. The lowest BCUT2D eigenvalue weighted by Gasteiger charge is -2.40. The molecule has 6 heteroatoms. The second-order valence-corrected chi connectivity index (χ2v) is 8.80. The molecule has 1 fully saturated rings. The summed E-state index contributed by atoms with van der Waals surface area (Å²) in [5, 5.41) is 3.03. The number of para-hydroxylation sites is 1. The van der Waals surface area contributed by atoms with Gasteiger partial charge in [-0.2, -0.15) is 0 Å². The molecular weight excluding hydrogens is 406 g/mol. The molecule has 3 aromatic rings. The molecule has 1 aliphatic heterocycles. The number of ether oxygens (including phenoxy) is 1. The van der Waals surface area contributed by atoms with Crippen molar-refractivity contribution in [2.45, 2.75) is 19.6 Å². The van der Waals surface area contributed by atoms with Crippen LogP contribution in [0.4, 0.5) is 0 Å². The highest BCUT2D eigenvalue weighted by Crippen LogP contribution is 2.26. The van der Waals surface area contributed by atoms with Crippen molar-refractivity contribution >= 4 is 23.3 Å². The van der Waals surface area contributed by atoms with Gasteiger partial charge in [0, 0.05) is 36.7 Å². The van der Waals surface area contributed by atoms with E-state index in [1.807, 2.05) is 65.7 Å². The van der Waals surface area contributed by atoms with E-state index < -0.39 is 0 Å². The van der Waals surface area contributed by atoms with E-state index in [-0.39, 0.29) is 11.9 Å². The lowest BCUT2D eigenvalue weighted by Crippen LogP contribution is -2.48. The highest BCUT2D eigenvalue weighted by molar-refractivity contribution is 7.09. The summed E-state index contributed by atoms with van der Waals surface area (Å²) >= 11 is 1.61. The van der Waals surface area contributed by atoms with Gasteiger partial charge in [0.2, 0.25) is 5.91 Å². The van der Waals surface area contributed by atoms with E-state index in [4.69, 9.17) is 4.74 Å². The second kappa shape index (κ2) is 9.90. The highest BCUT2D eigenvalue weighted by Gasteiger charge is 2.29. The first-order valence-electron chi connectivity index (χ1n) is 10.4. The first kappa shape index (κ1) is 21.3. The number of hydrogen-bond donors (Lipinski definition) is 0. The van der Waals surface area contributed by atoms with Gasteiger partial charge in [-0.3, -0.25) is 4.79 Å². The van der Waals surface area contributed by atoms with E-state index in [0.29, 0.717) is 13.2 Å². The summed E-state index contributed by atoms with van der Waals surface area (Å²) in [5.74, 6) is 0.766. The summed E-state index contributed by atoms with van der Waals surface area (Å²) in [7, 11) is 2.10. The maximum Gasteiger partial charge on any atom is 0.247 e. The van der Waals surface area contributed by atoms with Crippen molar-refractivity contribution in [1.29, 1.82) is 0 Å². The molecule has 1 aromatic heterocycles. The maximum atomic E-state index is 13.1. The van der Waals surface area contributed by atoms with Crippen LogP contribution in [0.1, 0.15) is 27.9 Å². The number of carbonyl (C=O) groups is 1. The summed E-state index contributed by atoms with van der Waals surface area (Å²) in [6.45, 7) is 4.81. The zero-order chi connectivity index (χ0) is 21.6. The van der Waals surface area contributed by atoms with Crippen molar-refractivity contribution in [3.63, 3.8) is 0 Å². The monoisotopic (exact) mass is 433 g/mol. The number of aryl methyl sites for hydroxylation is 1.